The predicted octanol–water partition coefficient (Wildman–Crippen LogP) is 3.00. The summed E-state index contributed by atoms with van der Waals surface area (Å²) in [6.45, 7) is 2.62. The fraction of sp³-hybridized carbons (Fsp3) is 0.250. The van der Waals surface area contributed by atoms with Gasteiger partial charge in [0.2, 0.25) is 0 Å². The number of ether oxygens (including phenoxy) is 1. The summed E-state index contributed by atoms with van der Waals surface area (Å²) < 4.78 is 29.9. The molecular formula is C16H16F2N2O3S. The van der Waals surface area contributed by atoms with Crippen LogP contribution in [-0.4, -0.2) is 29.0 Å². The summed E-state index contributed by atoms with van der Waals surface area (Å²) in [6, 6.07) is 6.42. The SMILES string of the molecule is C=CC(=O)N(Cc1nc(CO)cs1)c1ccccc1OCC(F)F. The number of aliphatic hydroxyl groups is 1. The van der Waals surface area contributed by atoms with E-state index in [0.29, 0.717) is 16.4 Å². The second kappa shape index (κ2) is 8.51. The zero-order chi connectivity index (χ0) is 17.5. The Morgan fingerprint density at radius 2 is 2.21 bits per heavy atom. The molecule has 2 aromatic rings. The minimum Gasteiger partial charge on any atom is -0.485 e. The number of rotatable bonds is 8. The maximum Gasteiger partial charge on any atom is 0.272 e. The largest absolute Gasteiger partial charge is 0.485 e. The van der Waals surface area contributed by atoms with E-state index >= 15 is 0 Å². The van der Waals surface area contributed by atoms with Gasteiger partial charge >= 0.3 is 0 Å². The van der Waals surface area contributed by atoms with Gasteiger partial charge in [-0.25, -0.2) is 13.8 Å². The molecule has 5 nitrogen and oxygen atoms in total. The second-order valence-corrected chi connectivity index (χ2v) is 5.63. The first-order chi connectivity index (χ1) is 11.5. The maximum atomic E-state index is 12.4. The van der Waals surface area contributed by atoms with E-state index in [-0.39, 0.29) is 18.9 Å². The third-order valence-corrected chi connectivity index (χ3v) is 3.90. The van der Waals surface area contributed by atoms with Gasteiger partial charge in [-0.15, -0.1) is 11.3 Å². The van der Waals surface area contributed by atoms with Crippen LogP contribution in [0.4, 0.5) is 14.5 Å². The van der Waals surface area contributed by atoms with Gasteiger partial charge in [0.05, 0.1) is 24.5 Å². The van der Waals surface area contributed by atoms with Crippen molar-refractivity contribution in [3.63, 3.8) is 0 Å². The highest BCUT2D eigenvalue weighted by Crippen LogP contribution is 2.30. The van der Waals surface area contributed by atoms with Crippen molar-refractivity contribution in [1.82, 2.24) is 4.98 Å². The standard InChI is InChI=1S/C16H16F2N2O3S/c1-2-16(22)20(7-15-19-11(8-21)10-24-15)12-5-3-4-6-13(12)23-9-14(17)18/h2-6,10,14,21H,1,7-9H2. The predicted molar refractivity (Wildman–Crippen MR) is 87.4 cm³/mol. The van der Waals surface area contributed by atoms with Crippen LogP contribution < -0.4 is 9.64 Å². The fourth-order valence-corrected chi connectivity index (χ4v) is 2.75. The molecule has 1 amide bonds. The fourth-order valence-electron chi connectivity index (χ4n) is 1.98. The molecule has 1 aromatic heterocycles. The third kappa shape index (κ3) is 4.59. The van der Waals surface area contributed by atoms with E-state index in [4.69, 9.17) is 9.84 Å². The van der Waals surface area contributed by atoms with Crippen LogP contribution in [0, 0.1) is 0 Å². The molecule has 0 aliphatic carbocycles. The van der Waals surface area contributed by atoms with Crippen LogP contribution >= 0.6 is 11.3 Å². The Hall–Kier alpha value is -2.32. The molecule has 1 N–H and O–H groups in total. The summed E-state index contributed by atoms with van der Waals surface area (Å²) in [7, 11) is 0. The number of benzene rings is 1. The molecule has 1 heterocycles. The molecule has 0 aliphatic rings. The molecular weight excluding hydrogens is 338 g/mol. The van der Waals surface area contributed by atoms with Crippen molar-refractivity contribution in [3.8, 4) is 5.75 Å². The molecule has 8 heteroatoms. The highest BCUT2D eigenvalue weighted by molar-refractivity contribution is 7.09. The maximum absolute atomic E-state index is 12.4. The highest BCUT2D eigenvalue weighted by Gasteiger charge is 2.20. The molecule has 0 fully saturated rings. The molecule has 0 saturated carbocycles. The van der Waals surface area contributed by atoms with Gasteiger partial charge in [0.25, 0.3) is 12.3 Å². The zero-order valence-electron chi connectivity index (χ0n) is 12.7. The Bertz CT molecular complexity index is 706. The lowest BCUT2D eigenvalue weighted by atomic mass is 10.2. The van der Waals surface area contributed by atoms with Crippen LogP contribution in [0.15, 0.2) is 42.3 Å². The first-order valence-electron chi connectivity index (χ1n) is 7.03. The number of halogens is 2. The first-order valence-corrected chi connectivity index (χ1v) is 7.91. The summed E-state index contributed by atoms with van der Waals surface area (Å²) in [4.78, 5) is 17.8. The minimum absolute atomic E-state index is 0.116. The van der Waals surface area contributed by atoms with Crippen LogP contribution in [0.3, 0.4) is 0 Å². The van der Waals surface area contributed by atoms with Gasteiger partial charge in [-0.2, -0.15) is 0 Å². The lowest BCUT2D eigenvalue weighted by Gasteiger charge is -2.23. The van der Waals surface area contributed by atoms with Gasteiger partial charge < -0.3 is 9.84 Å². The smallest absolute Gasteiger partial charge is 0.272 e. The van der Waals surface area contributed by atoms with Crippen LogP contribution in [0.5, 0.6) is 5.75 Å². The highest BCUT2D eigenvalue weighted by atomic mass is 32.1. The average molecular weight is 354 g/mol. The van der Waals surface area contributed by atoms with E-state index in [1.165, 1.54) is 22.3 Å². The minimum atomic E-state index is -2.62. The molecule has 24 heavy (non-hydrogen) atoms. The van der Waals surface area contributed by atoms with Gasteiger partial charge in [0, 0.05) is 5.38 Å². The van der Waals surface area contributed by atoms with Gasteiger partial charge in [-0.3, -0.25) is 9.69 Å². The van der Waals surface area contributed by atoms with Crippen molar-refractivity contribution in [1.29, 1.82) is 0 Å². The molecule has 1 aromatic carbocycles. The molecule has 128 valence electrons. The van der Waals surface area contributed by atoms with Crippen molar-refractivity contribution >= 4 is 22.9 Å². The number of hydrogen-bond acceptors (Lipinski definition) is 5. The molecule has 0 unspecified atom stereocenters. The van der Waals surface area contributed by atoms with Crippen LogP contribution in [0.1, 0.15) is 10.7 Å². The van der Waals surface area contributed by atoms with Crippen LogP contribution in [-0.2, 0) is 17.9 Å². The molecule has 0 radical (unpaired) electrons. The van der Waals surface area contributed by atoms with Crippen LogP contribution in [0.2, 0.25) is 0 Å². The van der Waals surface area contributed by atoms with Crippen molar-refractivity contribution in [2.24, 2.45) is 0 Å². The van der Waals surface area contributed by atoms with Gasteiger partial charge in [-0.05, 0) is 18.2 Å². The van der Waals surface area contributed by atoms with E-state index < -0.39 is 18.9 Å². The van der Waals surface area contributed by atoms with Crippen LogP contribution in [0.25, 0.3) is 0 Å². The monoisotopic (exact) mass is 354 g/mol. The Balaban J connectivity index is 2.30. The van der Waals surface area contributed by atoms with Gasteiger partial charge in [0.15, 0.2) is 0 Å². The van der Waals surface area contributed by atoms with Crippen molar-refractivity contribution in [2.45, 2.75) is 19.6 Å². The summed E-state index contributed by atoms with van der Waals surface area (Å²) >= 11 is 1.29. The lowest BCUT2D eigenvalue weighted by Crippen LogP contribution is -2.29. The van der Waals surface area contributed by atoms with E-state index in [1.807, 2.05) is 0 Å². The number of thiazole rings is 1. The Morgan fingerprint density at radius 1 is 1.46 bits per heavy atom. The normalized spacial score (nSPS) is 10.7. The van der Waals surface area contributed by atoms with Gasteiger partial charge in [-0.1, -0.05) is 18.7 Å². The van der Waals surface area contributed by atoms with E-state index in [0.717, 1.165) is 6.08 Å². The molecule has 0 bridgehead atoms. The van der Waals surface area contributed by atoms with Gasteiger partial charge in [0.1, 0.15) is 17.4 Å². The molecule has 0 spiro atoms. The van der Waals surface area contributed by atoms with Crippen molar-refractivity contribution in [3.05, 3.63) is 53.0 Å². The summed E-state index contributed by atoms with van der Waals surface area (Å²) in [5.41, 5.74) is 0.854. The Labute approximate surface area is 141 Å². The number of carbonyl (C=O) groups excluding carboxylic acids is 1. The van der Waals surface area contributed by atoms with Crippen molar-refractivity contribution in [2.75, 3.05) is 11.5 Å². The van der Waals surface area contributed by atoms with E-state index in [1.54, 1.807) is 23.6 Å². The average Bonchev–Trinajstić information content (AvgIpc) is 3.05. The Morgan fingerprint density at radius 3 is 2.83 bits per heavy atom. The number of aromatic nitrogens is 1. The number of hydrogen-bond donors (Lipinski definition) is 1. The second-order valence-electron chi connectivity index (χ2n) is 4.69. The molecule has 0 atom stereocenters. The third-order valence-electron chi connectivity index (χ3n) is 3.02. The number of aliphatic hydroxyl groups excluding tert-OH is 1. The Kier molecular flexibility index (Phi) is 6.39. The number of carbonyl (C=O) groups is 1. The lowest BCUT2D eigenvalue weighted by molar-refractivity contribution is -0.114. The quantitative estimate of drug-likeness (QED) is 0.740. The summed E-state index contributed by atoms with van der Waals surface area (Å²) in [6.07, 6.45) is -1.49. The number of para-hydroxylation sites is 2. The number of amides is 1. The molecule has 2 rings (SSSR count). The first kappa shape index (κ1) is 18.0. The number of alkyl halides is 2. The topological polar surface area (TPSA) is 62.7 Å². The number of anilines is 1. The molecule has 0 aliphatic heterocycles. The van der Waals surface area contributed by atoms with E-state index in [2.05, 4.69) is 11.6 Å². The van der Waals surface area contributed by atoms with Crippen molar-refractivity contribution < 1.29 is 23.4 Å². The van der Waals surface area contributed by atoms with E-state index in [9.17, 15) is 13.6 Å². The zero-order valence-corrected chi connectivity index (χ0v) is 13.5. The summed E-state index contributed by atoms with van der Waals surface area (Å²) in [5, 5.41) is 11.4. The number of nitrogens with zero attached hydrogens (tertiary/aromatic N) is 2. The molecule has 0 saturated heterocycles. The summed E-state index contributed by atoms with van der Waals surface area (Å²) in [5.74, 6) is -0.240.